The lowest BCUT2D eigenvalue weighted by Gasteiger charge is -2.10. The standard InChI is InChI=1S/C13H8Cl2F3NO/c14-6-8-1-3-10(4-2-8)20-12-11(15)5-9(7-19-12)13(16,17)18/h1-5,7H,6H2. The molecule has 1 aromatic carbocycles. The quantitative estimate of drug-likeness (QED) is 0.717. The lowest BCUT2D eigenvalue weighted by Crippen LogP contribution is -2.05. The highest BCUT2D eigenvalue weighted by atomic mass is 35.5. The first kappa shape index (κ1) is 14.9. The van der Waals surface area contributed by atoms with Gasteiger partial charge in [-0.25, -0.2) is 4.98 Å². The largest absolute Gasteiger partial charge is 0.438 e. The summed E-state index contributed by atoms with van der Waals surface area (Å²) in [4.78, 5) is 3.58. The van der Waals surface area contributed by atoms with Gasteiger partial charge in [0.25, 0.3) is 0 Å². The van der Waals surface area contributed by atoms with Crippen molar-refractivity contribution in [3.05, 3.63) is 52.7 Å². The Morgan fingerprint density at radius 2 is 1.80 bits per heavy atom. The van der Waals surface area contributed by atoms with Crippen LogP contribution in [0.5, 0.6) is 11.6 Å². The van der Waals surface area contributed by atoms with Gasteiger partial charge in [0.15, 0.2) is 0 Å². The number of hydrogen-bond acceptors (Lipinski definition) is 2. The van der Waals surface area contributed by atoms with E-state index in [4.69, 9.17) is 27.9 Å². The number of ether oxygens (including phenoxy) is 1. The lowest BCUT2D eigenvalue weighted by molar-refractivity contribution is -0.137. The lowest BCUT2D eigenvalue weighted by atomic mass is 10.2. The zero-order valence-electron chi connectivity index (χ0n) is 9.92. The third-order valence-corrected chi connectivity index (χ3v) is 3.01. The molecule has 0 fully saturated rings. The summed E-state index contributed by atoms with van der Waals surface area (Å²) >= 11 is 11.4. The maximum Gasteiger partial charge on any atom is 0.417 e. The first-order valence-electron chi connectivity index (χ1n) is 5.45. The highest BCUT2D eigenvalue weighted by Crippen LogP contribution is 2.34. The number of benzene rings is 1. The third kappa shape index (κ3) is 3.55. The Bertz CT molecular complexity index is 600. The fourth-order valence-electron chi connectivity index (χ4n) is 1.41. The third-order valence-electron chi connectivity index (χ3n) is 2.43. The van der Waals surface area contributed by atoms with Crippen LogP contribution in [0.1, 0.15) is 11.1 Å². The van der Waals surface area contributed by atoms with Gasteiger partial charge in [0.05, 0.1) is 5.56 Å². The number of halogens is 5. The zero-order chi connectivity index (χ0) is 14.8. The van der Waals surface area contributed by atoms with Gasteiger partial charge in [-0.3, -0.25) is 0 Å². The predicted octanol–water partition coefficient (Wildman–Crippen LogP) is 5.28. The van der Waals surface area contributed by atoms with Gasteiger partial charge in [-0.2, -0.15) is 13.2 Å². The number of rotatable bonds is 3. The van der Waals surface area contributed by atoms with E-state index in [0.717, 1.165) is 11.6 Å². The van der Waals surface area contributed by atoms with Crippen molar-refractivity contribution in [2.75, 3.05) is 0 Å². The van der Waals surface area contributed by atoms with Gasteiger partial charge in [0.2, 0.25) is 5.88 Å². The zero-order valence-corrected chi connectivity index (χ0v) is 11.4. The van der Waals surface area contributed by atoms with Gasteiger partial charge in [-0.15, -0.1) is 11.6 Å². The van der Waals surface area contributed by atoms with Crippen LogP contribution in [-0.2, 0) is 12.1 Å². The van der Waals surface area contributed by atoms with E-state index in [9.17, 15) is 13.2 Å². The van der Waals surface area contributed by atoms with E-state index in [1.165, 1.54) is 0 Å². The van der Waals surface area contributed by atoms with Gasteiger partial charge in [0, 0.05) is 12.1 Å². The Morgan fingerprint density at radius 1 is 1.15 bits per heavy atom. The highest BCUT2D eigenvalue weighted by Gasteiger charge is 2.31. The van der Waals surface area contributed by atoms with Crippen molar-refractivity contribution in [2.45, 2.75) is 12.1 Å². The smallest absolute Gasteiger partial charge is 0.417 e. The molecule has 1 heterocycles. The van der Waals surface area contributed by atoms with Gasteiger partial charge in [-0.1, -0.05) is 23.7 Å². The molecule has 2 aromatic rings. The second-order valence-electron chi connectivity index (χ2n) is 3.89. The Balaban J connectivity index is 2.21. The number of hydrogen-bond donors (Lipinski definition) is 0. The fraction of sp³-hybridized carbons (Fsp3) is 0.154. The van der Waals surface area contributed by atoms with Gasteiger partial charge in [-0.05, 0) is 23.8 Å². The molecule has 0 atom stereocenters. The van der Waals surface area contributed by atoms with Crippen molar-refractivity contribution in [1.82, 2.24) is 4.98 Å². The maximum atomic E-state index is 12.5. The van der Waals surface area contributed by atoms with Crippen molar-refractivity contribution in [1.29, 1.82) is 0 Å². The number of pyridine rings is 1. The molecule has 0 saturated heterocycles. The summed E-state index contributed by atoms with van der Waals surface area (Å²) in [5, 5.41) is -0.207. The van der Waals surface area contributed by atoms with Gasteiger partial charge >= 0.3 is 6.18 Å². The molecule has 2 rings (SSSR count). The van der Waals surface area contributed by atoms with E-state index in [-0.39, 0.29) is 10.9 Å². The van der Waals surface area contributed by atoms with Crippen LogP contribution in [0.2, 0.25) is 5.02 Å². The molecule has 0 bridgehead atoms. The fourth-order valence-corrected chi connectivity index (χ4v) is 1.80. The second kappa shape index (κ2) is 5.89. The normalized spacial score (nSPS) is 11.4. The molecule has 0 aliphatic carbocycles. The minimum Gasteiger partial charge on any atom is -0.438 e. The molecule has 0 aliphatic heterocycles. The number of alkyl halides is 4. The molecule has 1 aromatic heterocycles. The monoisotopic (exact) mass is 321 g/mol. The van der Waals surface area contributed by atoms with Crippen molar-refractivity contribution in [2.24, 2.45) is 0 Å². The van der Waals surface area contributed by atoms with Crippen LogP contribution in [0.15, 0.2) is 36.5 Å². The van der Waals surface area contributed by atoms with Crippen molar-refractivity contribution >= 4 is 23.2 Å². The van der Waals surface area contributed by atoms with Crippen LogP contribution in [0.3, 0.4) is 0 Å². The molecular weight excluding hydrogens is 314 g/mol. The first-order valence-corrected chi connectivity index (χ1v) is 6.37. The molecule has 0 unspecified atom stereocenters. The minimum absolute atomic E-state index is 0.0849. The summed E-state index contributed by atoms with van der Waals surface area (Å²) in [5.41, 5.74) is -0.0298. The summed E-state index contributed by atoms with van der Waals surface area (Å²) in [6, 6.07) is 7.51. The van der Waals surface area contributed by atoms with E-state index >= 15 is 0 Å². The van der Waals surface area contributed by atoms with Crippen molar-refractivity contribution in [3.63, 3.8) is 0 Å². The van der Waals surface area contributed by atoms with Crippen molar-refractivity contribution < 1.29 is 17.9 Å². The summed E-state index contributed by atoms with van der Waals surface area (Å²) in [7, 11) is 0. The molecule has 0 aliphatic rings. The molecule has 0 amide bonds. The van der Waals surface area contributed by atoms with Crippen LogP contribution in [0, 0.1) is 0 Å². The van der Waals surface area contributed by atoms with Crippen LogP contribution in [0.4, 0.5) is 13.2 Å². The summed E-state index contributed by atoms with van der Waals surface area (Å²) in [6.45, 7) is 0. The topological polar surface area (TPSA) is 22.1 Å². The van der Waals surface area contributed by atoms with E-state index < -0.39 is 11.7 Å². The minimum atomic E-state index is -4.49. The molecule has 106 valence electrons. The van der Waals surface area contributed by atoms with E-state index in [0.29, 0.717) is 17.8 Å². The Labute approximate surface area is 123 Å². The van der Waals surface area contributed by atoms with Crippen LogP contribution in [0.25, 0.3) is 0 Å². The summed E-state index contributed by atoms with van der Waals surface area (Å²) in [6.07, 6.45) is -3.81. The number of aromatic nitrogens is 1. The van der Waals surface area contributed by atoms with E-state index in [1.807, 2.05) is 0 Å². The second-order valence-corrected chi connectivity index (χ2v) is 4.56. The molecule has 0 spiro atoms. The summed E-state index contributed by atoms with van der Waals surface area (Å²) < 4.78 is 42.7. The average Bonchev–Trinajstić information content (AvgIpc) is 2.41. The predicted molar refractivity (Wildman–Crippen MR) is 70.3 cm³/mol. The highest BCUT2D eigenvalue weighted by molar-refractivity contribution is 6.31. The molecular formula is C13H8Cl2F3NO. The Kier molecular flexibility index (Phi) is 4.40. The Morgan fingerprint density at radius 3 is 2.30 bits per heavy atom. The SMILES string of the molecule is FC(F)(F)c1cnc(Oc2ccc(CCl)cc2)c(Cl)c1. The molecule has 0 saturated carbocycles. The average molecular weight is 322 g/mol. The van der Waals surface area contributed by atoms with Crippen LogP contribution < -0.4 is 4.74 Å². The summed E-state index contributed by atoms with van der Waals surface area (Å²) in [5.74, 6) is 0.686. The van der Waals surface area contributed by atoms with Crippen LogP contribution >= 0.6 is 23.2 Å². The van der Waals surface area contributed by atoms with E-state index in [1.54, 1.807) is 24.3 Å². The number of nitrogens with zero attached hydrogens (tertiary/aromatic N) is 1. The van der Waals surface area contributed by atoms with Crippen molar-refractivity contribution in [3.8, 4) is 11.6 Å². The van der Waals surface area contributed by atoms with Gasteiger partial charge in [0.1, 0.15) is 10.8 Å². The van der Waals surface area contributed by atoms with Gasteiger partial charge < -0.3 is 4.74 Å². The maximum absolute atomic E-state index is 12.5. The molecule has 0 N–H and O–H groups in total. The van der Waals surface area contributed by atoms with E-state index in [2.05, 4.69) is 4.98 Å². The molecule has 0 radical (unpaired) electrons. The van der Waals surface area contributed by atoms with Crippen LogP contribution in [-0.4, -0.2) is 4.98 Å². The molecule has 7 heteroatoms. The molecule has 2 nitrogen and oxygen atoms in total. The Hall–Kier alpha value is -1.46. The molecule has 20 heavy (non-hydrogen) atoms. The first-order chi connectivity index (χ1) is 9.40.